The van der Waals surface area contributed by atoms with E-state index < -0.39 is 0 Å². The van der Waals surface area contributed by atoms with E-state index in [0.717, 1.165) is 58.6 Å². The summed E-state index contributed by atoms with van der Waals surface area (Å²) in [5.74, 6) is 0.836. The number of para-hydroxylation sites is 1. The first-order valence-corrected chi connectivity index (χ1v) is 12.2. The molecule has 1 fully saturated rings. The summed E-state index contributed by atoms with van der Waals surface area (Å²) in [6.07, 6.45) is 7.26. The number of rotatable bonds is 7. The van der Waals surface area contributed by atoms with Gasteiger partial charge in [0.15, 0.2) is 0 Å². The van der Waals surface area contributed by atoms with Crippen LogP contribution in [0.5, 0.6) is 0 Å². The molecule has 2 atom stereocenters. The third-order valence-corrected chi connectivity index (χ3v) is 6.89. The number of hydrazine groups is 1. The van der Waals surface area contributed by atoms with Crippen molar-refractivity contribution in [3.63, 3.8) is 0 Å². The van der Waals surface area contributed by atoms with Gasteiger partial charge in [-0.1, -0.05) is 12.1 Å². The van der Waals surface area contributed by atoms with Crippen molar-refractivity contribution in [3.8, 4) is 17.3 Å². The molecule has 1 saturated heterocycles. The minimum atomic E-state index is -0.0823. The molecule has 1 aromatic carbocycles. The molecule has 10 heteroatoms. The van der Waals surface area contributed by atoms with Gasteiger partial charge in [-0.05, 0) is 50.4 Å². The van der Waals surface area contributed by atoms with Crippen LogP contribution in [0.4, 0.5) is 11.6 Å². The SMILES string of the molecule is CC1=CC(Nc2ncc(C)c(-c3c[nH]c4c(NC(=O)CN5CCC(CC#N)C5)cccc34)n2)NN1C. The molecule has 2 aliphatic rings. The van der Waals surface area contributed by atoms with Gasteiger partial charge < -0.3 is 20.6 Å². The maximum Gasteiger partial charge on any atom is 0.238 e. The molecule has 4 N–H and O–H groups in total. The second-order valence-corrected chi connectivity index (χ2v) is 9.57. The zero-order valence-electron chi connectivity index (χ0n) is 20.8. The fraction of sp³-hybridized carbons (Fsp3) is 0.385. The van der Waals surface area contributed by atoms with Crippen LogP contribution in [0.1, 0.15) is 25.3 Å². The van der Waals surface area contributed by atoms with E-state index in [1.807, 2.05) is 56.5 Å². The van der Waals surface area contributed by atoms with Crippen molar-refractivity contribution in [1.82, 2.24) is 30.3 Å². The van der Waals surface area contributed by atoms with Crippen LogP contribution in [-0.2, 0) is 4.79 Å². The summed E-state index contributed by atoms with van der Waals surface area (Å²) < 4.78 is 0. The summed E-state index contributed by atoms with van der Waals surface area (Å²) in [7, 11) is 1.97. The predicted molar refractivity (Wildman–Crippen MR) is 140 cm³/mol. The molecule has 36 heavy (non-hydrogen) atoms. The van der Waals surface area contributed by atoms with Gasteiger partial charge in [0.25, 0.3) is 0 Å². The molecule has 0 aliphatic carbocycles. The smallest absolute Gasteiger partial charge is 0.238 e. The highest BCUT2D eigenvalue weighted by Crippen LogP contribution is 2.33. The van der Waals surface area contributed by atoms with Gasteiger partial charge in [-0.3, -0.25) is 9.69 Å². The average Bonchev–Trinajstić information content (AvgIpc) is 3.55. The molecule has 0 radical (unpaired) electrons. The van der Waals surface area contributed by atoms with Crippen molar-refractivity contribution in [1.29, 1.82) is 5.26 Å². The van der Waals surface area contributed by atoms with Gasteiger partial charge >= 0.3 is 0 Å². The molecule has 2 unspecified atom stereocenters. The number of nitrogens with one attached hydrogen (secondary N) is 4. The first-order valence-electron chi connectivity index (χ1n) is 12.2. The highest BCUT2D eigenvalue weighted by molar-refractivity contribution is 6.06. The van der Waals surface area contributed by atoms with E-state index in [0.29, 0.717) is 24.8 Å². The molecule has 0 saturated carbocycles. The number of allylic oxidation sites excluding steroid dienone is 1. The first kappa shape index (κ1) is 23.8. The Labute approximate surface area is 210 Å². The largest absolute Gasteiger partial charge is 0.359 e. The molecule has 10 nitrogen and oxygen atoms in total. The van der Waals surface area contributed by atoms with Crippen LogP contribution in [0, 0.1) is 24.2 Å². The number of carbonyl (C=O) groups is 1. The van der Waals surface area contributed by atoms with Gasteiger partial charge in [-0.15, -0.1) is 0 Å². The molecule has 3 aromatic rings. The highest BCUT2D eigenvalue weighted by Gasteiger charge is 2.24. The Hall–Kier alpha value is -3.94. The van der Waals surface area contributed by atoms with E-state index in [2.05, 4.69) is 43.1 Å². The summed E-state index contributed by atoms with van der Waals surface area (Å²) in [6, 6.07) is 8.10. The summed E-state index contributed by atoms with van der Waals surface area (Å²) in [4.78, 5) is 27.5. The fourth-order valence-electron chi connectivity index (χ4n) is 4.90. The molecule has 2 aromatic heterocycles. The molecule has 1 amide bonds. The van der Waals surface area contributed by atoms with Crippen LogP contribution in [0.2, 0.25) is 0 Å². The lowest BCUT2D eigenvalue weighted by Crippen LogP contribution is -2.38. The Bertz CT molecular complexity index is 1360. The predicted octanol–water partition coefficient (Wildman–Crippen LogP) is 3.20. The van der Waals surface area contributed by atoms with Crippen molar-refractivity contribution in [2.75, 3.05) is 37.3 Å². The number of likely N-dealkylation sites (tertiary alicyclic amines) is 1. The number of hydrogen-bond donors (Lipinski definition) is 4. The number of hydrogen-bond acceptors (Lipinski definition) is 8. The second-order valence-electron chi connectivity index (χ2n) is 9.57. The Kier molecular flexibility index (Phi) is 6.59. The van der Waals surface area contributed by atoms with E-state index in [-0.39, 0.29) is 12.1 Å². The van der Waals surface area contributed by atoms with Crippen molar-refractivity contribution >= 4 is 28.4 Å². The zero-order valence-corrected chi connectivity index (χ0v) is 20.8. The Morgan fingerprint density at radius 2 is 2.19 bits per heavy atom. The van der Waals surface area contributed by atoms with Crippen LogP contribution < -0.4 is 16.1 Å². The molecule has 0 bridgehead atoms. The number of aromatic amines is 1. The summed E-state index contributed by atoms with van der Waals surface area (Å²) in [5.41, 5.74) is 8.75. The number of H-pyrrole nitrogens is 1. The minimum Gasteiger partial charge on any atom is -0.359 e. The number of nitriles is 1. The first-order chi connectivity index (χ1) is 17.4. The Balaban J connectivity index is 1.34. The van der Waals surface area contributed by atoms with Crippen molar-refractivity contribution in [2.24, 2.45) is 5.92 Å². The van der Waals surface area contributed by atoms with Crippen LogP contribution in [-0.4, -0.2) is 63.6 Å². The number of anilines is 2. The van der Waals surface area contributed by atoms with Gasteiger partial charge in [-0.25, -0.2) is 15.4 Å². The number of benzene rings is 1. The maximum atomic E-state index is 12.8. The van der Waals surface area contributed by atoms with Gasteiger partial charge in [0, 0.05) is 49.1 Å². The number of aryl methyl sites for hydroxylation is 1. The lowest BCUT2D eigenvalue weighted by atomic mass is 10.1. The third kappa shape index (κ3) is 4.89. The third-order valence-electron chi connectivity index (χ3n) is 6.89. The quantitative estimate of drug-likeness (QED) is 0.402. The fourth-order valence-corrected chi connectivity index (χ4v) is 4.90. The molecule has 0 spiro atoms. The number of nitrogens with zero attached hydrogens (tertiary/aromatic N) is 5. The lowest BCUT2D eigenvalue weighted by molar-refractivity contribution is -0.117. The van der Waals surface area contributed by atoms with E-state index in [4.69, 9.17) is 10.2 Å². The van der Waals surface area contributed by atoms with Gasteiger partial charge in [-0.2, -0.15) is 5.26 Å². The van der Waals surface area contributed by atoms with E-state index in [1.165, 1.54) is 0 Å². The van der Waals surface area contributed by atoms with Crippen LogP contribution in [0.25, 0.3) is 22.2 Å². The normalized spacial score (nSPS) is 19.9. The van der Waals surface area contributed by atoms with Crippen molar-refractivity contribution in [3.05, 3.63) is 47.9 Å². The molecular weight excluding hydrogens is 454 g/mol. The van der Waals surface area contributed by atoms with Crippen molar-refractivity contribution < 1.29 is 4.79 Å². The van der Waals surface area contributed by atoms with Crippen LogP contribution in [0.15, 0.2) is 42.4 Å². The number of fused-ring (bicyclic) bond motifs is 1. The van der Waals surface area contributed by atoms with Gasteiger partial charge in [0.1, 0.15) is 6.17 Å². The van der Waals surface area contributed by atoms with E-state index in [9.17, 15) is 4.79 Å². The van der Waals surface area contributed by atoms with E-state index in [1.54, 1.807) is 0 Å². The Morgan fingerprint density at radius 1 is 1.33 bits per heavy atom. The second kappa shape index (κ2) is 9.97. The molecule has 5 rings (SSSR count). The summed E-state index contributed by atoms with van der Waals surface area (Å²) in [6.45, 7) is 6.00. The van der Waals surface area contributed by atoms with E-state index >= 15 is 0 Å². The molecule has 4 heterocycles. The topological polar surface area (TPSA) is 125 Å². The maximum absolute atomic E-state index is 12.8. The van der Waals surface area contributed by atoms with Gasteiger partial charge in [0.2, 0.25) is 11.9 Å². The zero-order chi connectivity index (χ0) is 25.2. The summed E-state index contributed by atoms with van der Waals surface area (Å²) in [5, 5.41) is 18.2. The number of carbonyl (C=O) groups excluding carboxylic acids is 1. The molecule has 186 valence electrons. The summed E-state index contributed by atoms with van der Waals surface area (Å²) >= 11 is 0. The monoisotopic (exact) mass is 485 g/mol. The lowest BCUT2D eigenvalue weighted by Gasteiger charge is -2.18. The van der Waals surface area contributed by atoms with Crippen LogP contribution in [0.3, 0.4) is 0 Å². The standard InChI is InChI=1S/C26H31N9O/c1-16-12-29-26(31-22-11-17(2)34(3)33-22)32-24(16)20-13-28-25-19(20)5-4-6-21(25)30-23(36)15-35-10-8-18(14-35)7-9-27/h4-6,11-13,18,22,28,33H,7-8,10,14-15H2,1-3H3,(H,30,36)(H,29,31,32). The Morgan fingerprint density at radius 3 is 2.97 bits per heavy atom. The average molecular weight is 486 g/mol. The number of amides is 1. The molecular formula is C26H31N9O. The molecule has 2 aliphatic heterocycles. The highest BCUT2D eigenvalue weighted by atomic mass is 16.2. The van der Waals surface area contributed by atoms with Gasteiger partial charge in [0.05, 0.1) is 29.5 Å². The number of aromatic nitrogens is 3. The van der Waals surface area contributed by atoms with Crippen LogP contribution >= 0.6 is 0 Å². The van der Waals surface area contributed by atoms with Crippen molar-refractivity contribution in [2.45, 2.75) is 32.9 Å². The minimum absolute atomic E-state index is 0.0571.